The Balaban J connectivity index is 1.57. The number of nitrogens with zero attached hydrogens (tertiary/aromatic N) is 3. The number of benzene rings is 2. The van der Waals surface area contributed by atoms with Crippen LogP contribution in [0.4, 0.5) is 5.13 Å². The van der Waals surface area contributed by atoms with Crippen molar-refractivity contribution in [2.75, 3.05) is 26.1 Å². The summed E-state index contributed by atoms with van der Waals surface area (Å²) in [7, 11) is 1.52. The first-order chi connectivity index (χ1) is 16.8. The summed E-state index contributed by atoms with van der Waals surface area (Å²) in [5.74, 6) is 1.70. The molecule has 0 aliphatic heterocycles. The van der Waals surface area contributed by atoms with Crippen molar-refractivity contribution in [1.82, 2.24) is 15.6 Å². The van der Waals surface area contributed by atoms with Crippen LogP contribution < -0.4 is 25.4 Å². The summed E-state index contributed by atoms with van der Waals surface area (Å²) in [6.45, 7) is 6.91. The van der Waals surface area contributed by atoms with E-state index in [0.717, 1.165) is 28.2 Å². The molecule has 0 bridgehead atoms. The highest BCUT2D eigenvalue weighted by atomic mass is 35.5. The fourth-order valence-electron chi connectivity index (χ4n) is 3.19. The number of hydrazone groups is 1. The molecule has 0 radical (unpaired) electrons. The minimum Gasteiger partial charge on any atom is -0.493 e. The first kappa shape index (κ1) is 26.2. The van der Waals surface area contributed by atoms with Gasteiger partial charge in [-0.15, -0.1) is 10.2 Å². The fraction of sp³-hybridized carbons (Fsp3) is 0.333. The molecule has 1 amide bonds. The SMILES string of the molecule is COc1cc(/C=N/NC(=O)Cc2nnc(N)s2)cc(Cl)c1OCCOc1cc(C)ccc1C(C)C. The van der Waals surface area contributed by atoms with E-state index in [9.17, 15) is 4.79 Å². The molecule has 0 saturated carbocycles. The molecule has 11 heteroatoms. The number of methoxy groups -OCH3 is 1. The molecule has 9 nitrogen and oxygen atoms in total. The average Bonchev–Trinajstić information content (AvgIpc) is 3.21. The van der Waals surface area contributed by atoms with Crippen LogP contribution in [0, 0.1) is 6.92 Å². The van der Waals surface area contributed by atoms with Gasteiger partial charge in [0.2, 0.25) is 11.0 Å². The molecular weight excluding hydrogens is 490 g/mol. The third kappa shape index (κ3) is 7.56. The van der Waals surface area contributed by atoms with Gasteiger partial charge in [-0.25, -0.2) is 5.43 Å². The van der Waals surface area contributed by atoms with Crippen LogP contribution in [0.1, 0.15) is 41.5 Å². The maximum absolute atomic E-state index is 12.0. The van der Waals surface area contributed by atoms with E-state index in [1.165, 1.54) is 13.3 Å². The van der Waals surface area contributed by atoms with E-state index in [-0.39, 0.29) is 18.9 Å². The molecule has 3 N–H and O–H groups in total. The van der Waals surface area contributed by atoms with Gasteiger partial charge in [0.15, 0.2) is 11.5 Å². The molecule has 3 rings (SSSR count). The van der Waals surface area contributed by atoms with E-state index in [0.29, 0.717) is 44.7 Å². The first-order valence-electron chi connectivity index (χ1n) is 10.9. The summed E-state index contributed by atoms with van der Waals surface area (Å²) in [6.07, 6.45) is 1.49. The molecular formula is C24H28ClN5O4S. The molecule has 35 heavy (non-hydrogen) atoms. The molecule has 0 spiro atoms. The quantitative estimate of drug-likeness (QED) is 0.220. The standard InChI is InChI=1S/C24H28ClN5O4S/c1-14(2)17-6-5-15(3)9-19(17)33-7-8-34-23-18(25)10-16(11-20(23)32-4)13-27-28-21(31)12-22-29-30-24(26)35-22/h5-6,9-11,13-14H,7-8,12H2,1-4H3,(H2,26,30)(H,28,31)/b27-13+. The smallest absolute Gasteiger partial charge is 0.247 e. The Labute approximate surface area is 213 Å². The summed E-state index contributed by atoms with van der Waals surface area (Å²) in [5.41, 5.74) is 10.8. The number of amides is 1. The minimum absolute atomic E-state index is 0.0341. The number of nitrogens with two attached hydrogens (primary N) is 1. The molecule has 186 valence electrons. The summed E-state index contributed by atoms with van der Waals surface area (Å²) in [6, 6.07) is 9.57. The summed E-state index contributed by atoms with van der Waals surface area (Å²) < 4.78 is 17.3. The zero-order chi connectivity index (χ0) is 25.4. The number of nitrogen functional groups attached to an aromatic ring is 1. The molecule has 1 aromatic heterocycles. The van der Waals surface area contributed by atoms with Crippen molar-refractivity contribution in [2.45, 2.75) is 33.1 Å². The van der Waals surface area contributed by atoms with E-state index < -0.39 is 0 Å². The van der Waals surface area contributed by atoms with Crippen LogP contribution in [0.2, 0.25) is 5.02 Å². The largest absolute Gasteiger partial charge is 0.493 e. The summed E-state index contributed by atoms with van der Waals surface area (Å²) >= 11 is 7.58. The van der Waals surface area contributed by atoms with Crippen LogP contribution in [-0.4, -0.2) is 42.6 Å². The van der Waals surface area contributed by atoms with Gasteiger partial charge in [0.1, 0.15) is 24.0 Å². The molecule has 0 aliphatic rings. The second kappa shape index (κ2) is 12.4. The number of carbonyl (C=O) groups excluding carboxylic acids is 1. The number of nitrogens with one attached hydrogen (secondary N) is 1. The minimum atomic E-state index is -0.343. The number of carbonyl (C=O) groups is 1. The topological polar surface area (TPSA) is 121 Å². The summed E-state index contributed by atoms with van der Waals surface area (Å²) in [4.78, 5) is 12.0. The van der Waals surface area contributed by atoms with E-state index in [1.807, 2.05) is 13.0 Å². The summed E-state index contributed by atoms with van der Waals surface area (Å²) in [5, 5.41) is 12.6. The number of halogens is 1. The molecule has 3 aromatic rings. The number of ether oxygens (including phenoxy) is 3. The van der Waals surface area contributed by atoms with Gasteiger partial charge in [-0.05, 0) is 47.7 Å². The Bertz CT molecular complexity index is 1200. The number of rotatable bonds is 11. The normalized spacial score (nSPS) is 11.1. The van der Waals surface area contributed by atoms with Crippen molar-refractivity contribution in [3.8, 4) is 17.2 Å². The van der Waals surface area contributed by atoms with Crippen molar-refractivity contribution < 1.29 is 19.0 Å². The predicted molar refractivity (Wildman–Crippen MR) is 138 cm³/mol. The highest BCUT2D eigenvalue weighted by Crippen LogP contribution is 2.36. The lowest BCUT2D eigenvalue weighted by molar-refractivity contribution is -0.120. The Kier molecular flexibility index (Phi) is 9.27. The number of aryl methyl sites for hydroxylation is 1. The monoisotopic (exact) mass is 517 g/mol. The number of hydrogen-bond acceptors (Lipinski definition) is 9. The molecule has 0 aliphatic carbocycles. The van der Waals surface area contributed by atoms with Crippen LogP contribution in [-0.2, 0) is 11.2 Å². The zero-order valence-corrected chi connectivity index (χ0v) is 21.6. The lowest BCUT2D eigenvalue weighted by Gasteiger charge is -2.16. The van der Waals surface area contributed by atoms with Crippen molar-refractivity contribution in [1.29, 1.82) is 0 Å². The molecule has 2 aromatic carbocycles. The van der Waals surface area contributed by atoms with E-state index in [4.69, 9.17) is 31.5 Å². The molecule has 0 fully saturated rings. The Morgan fingerprint density at radius 1 is 1.20 bits per heavy atom. The van der Waals surface area contributed by atoms with Crippen LogP contribution in [0.25, 0.3) is 0 Å². The molecule has 0 unspecified atom stereocenters. The highest BCUT2D eigenvalue weighted by molar-refractivity contribution is 7.15. The van der Waals surface area contributed by atoms with Crippen LogP contribution in [0.5, 0.6) is 17.2 Å². The third-order valence-electron chi connectivity index (χ3n) is 4.83. The molecule has 1 heterocycles. The van der Waals surface area contributed by atoms with Crippen molar-refractivity contribution in [3.63, 3.8) is 0 Å². The van der Waals surface area contributed by atoms with Crippen LogP contribution in [0.3, 0.4) is 0 Å². The van der Waals surface area contributed by atoms with Gasteiger partial charge < -0.3 is 19.9 Å². The fourth-order valence-corrected chi connectivity index (χ4v) is 4.07. The van der Waals surface area contributed by atoms with E-state index in [1.54, 1.807) is 12.1 Å². The molecule has 0 atom stereocenters. The number of aromatic nitrogens is 2. The Morgan fingerprint density at radius 3 is 2.66 bits per heavy atom. The lowest BCUT2D eigenvalue weighted by Crippen LogP contribution is -2.19. The first-order valence-corrected chi connectivity index (χ1v) is 12.1. The predicted octanol–water partition coefficient (Wildman–Crippen LogP) is 4.36. The lowest BCUT2D eigenvalue weighted by atomic mass is 10.0. The van der Waals surface area contributed by atoms with Gasteiger partial charge in [0, 0.05) is 0 Å². The molecule has 0 saturated heterocycles. The van der Waals surface area contributed by atoms with E-state index in [2.05, 4.69) is 46.7 Å². The zero-order valence-electron chi connectivity index (χ0n) is 20.0. The van der Waals surface area contributed by atoms with Crippen molar-refractivity contribution in [3.05, 3.63) is 57.1 Å². The van der Waals surface area contributed by atoms with Crippen molar-refractivity contribution >= 4 is 40.2 Å². The van der Waals surface area contributed by atoms with Gasteiger partial charge in [0.05, 0.1) is 24.8 Å². The van der Waals surface area contributed by atoms with E-state index >= 15 is 0 Å². The Morgan fingerprint density at radius 2 is 1.97 bits per heavy atom. The van der Waals surface area contributed by atoms with Gasteiger partial charge in [-0.3, -0.25) is 4.79 Å². The second-order valence-electron chi connectivity index (χ2n) is 7.93. The number of hydrogen-bond donors (Lipinski definition) is 2. The van der Waals surface area contributed by atoms with Crippen LogP contribution in [0.15, 0.2) is 35.4 Å². The Hall–Kier alpha value is -3.37. The number of anilines is 1. The van der Waals surface area contributed by atoms with Crippen LogP contribution >= 0.6 is 22.9 Å². The van der Waals surface area contributed by atoms with Gasteiger partial charge >= 0.3 is 0 Å². The maximum Gasteiger partial charge on any atom is 0.247 e. The average molecular weight is 518 g/mol. The van der Waals surface area contributed by atoms with Gasteiger partial charge in [0.25, 0.3) is 0 Å². The van der Waals surface area contributed by atoms with Gasteiger partial charge in [-0.2, -0.15) is 5.10 Å². The van der Waals surface area contributed by atoms with Gasteiger partial charge in [-0.1, -0.05) is 48.9 Å². The van der Waals surface area contributed by atoms with Crippen molar-refractivity contribution in [2.24, 2.45) is 5.10 Å². The third-order valence-corrected chi connectivity index (χ3v) is 5.86. The maximum atomic E-state index is 12.0. The second-order valence-corrected chi connectivity index (χ2v) is 9.43. The highest BCUT2D eigenvalue weighted by Gasteiger charge is 2.13.